The summed E-state index contributed by atoms with van der Waals surface area (Å²) in [5.74, 6) is 1.57. The first-order valence-electron chi connectivity index (χ1n) is 8.59. The Morgan fingerprint density at radius 2 is 1.67 bits per heavy atom. The lowest BCUT2D eigenvalue weighted by molar-refractivity contribution is -0.137. The summed E-state index contributed by atoms with van der Waals surface area (Å²) in [5.41, 5.74) is 0.583. The number of rotatable bonds is 5. The Hall–Kier alpha value is -2.85. The number of nitrogens with zero attached hydrogens (tertiary/aromatic N) is 5. The summed E-state index contributed by atoms with van der Waals surface area (Å²) in [6, 6.07) is 11.9. The number of benzene rings is 2. The molecule has 2 aromatic carbocycles. The van der Waals surface area contributed by atoms with Gasteiger partial charge < -0.3 is 9.09 Å². The Morgan fingerprint density at radius 1 is 1.00 bits per heavy atom. The van der Waals surface area contributed by atoms with E-state index in [1.165, 1.54) is 23.9 Å². The van der Waals surface area contributed by atoms with Crippen LogP contribution in [0.3, 0.4) is 0 Å². The Morgan fingerprint density at radius 3 is 2.33 bits per heavy atom. The summed E-state index contributed by atoms with van der Waals surface area (Å²) >= 11 is 7.27. The monoisotopic (exact) mass is 451 g/mol. The molecule has 2 heterocycles. The first-order valence-corrected chi connectivity index (χ1v) is 9.96. The number of hydrogen-bond donors (Lipinski definition) is 0. The largest absolute Gasteiger partial charge is 0.416 e. The van der Waals surface area contributed by atoms with Crippen molar-refractivity contribution >= 4 is 23.4 Å². The molecule has 0 unspecified atom stereocenters. The van der Waals surface area contributed by atoms with E-state index < -0.39 is 11.7 Å². The topological polar surface area (TPSA) is 69.6 Å². The molecule has 0 aliphatic carbocycles. The molecular formula is C19H13ClF3N5OS. The van der Waals surface area contributed by atoms with Gasteiger partial charge >= 0.3 is 6.18 Å². The summed E-state index contributed by atoms with van der Waals surface area (Å²) in [4.78, 5) is 4.24. The lowest BCUT2D eigenvalue weighted by Crippen LogP contribution is -2.04. The molecule has 2 aromatic heterocycles. The maximum absolute atomic E-state index is 12.7. The van der Waals surface area contributed by atoms with Gasteiger partial charge in [0.1, 0.15) is 0 Å². The molecule has 0 atom stereocenters. The fourth-order valence-electron chi connectivity index (χ4n) is 2.66. The van der Waals surface area contributed by atoms with Crippen LogP contribution in [0.2, 0.25) is 5.02 Å². The van der Waals surface area contributed by atoms with Crippen molar-refractivity contribution in [2.24, 2.45) is 7.05 Å². The Bertz CT molecular complexity index is 1160. The Labute approximate surface area is 178 Å². The van der Waals surface area contributed by atoms with Crippen molar-refractivity contribution in [1.29, 1.82) is 0 Å². The van der Waals surface area contributed by atoms with Crippen LogP contribution < -0.4 is 0 Å². The molecule has 4 rings (SSSR count). The van der Waals surface area contributed by atoms with Crippen LogP contribution >= 0.6 is 23.4 Å². The zero-order valence-corrected chi connectivity index (χ0v) is 17.0. The molecule has 0 saturated carbocycles. The van der Waals surface area contributed by atoms with Gasteiger partial charge in [-0.3, -0.25) is 0 Å². The van der Waals surface area contributed by atoms with Crippen LogP contribution in [0.5, 0.6) is 0 Å². The van der Waals surface area contributed by atoms with Gasteiger partial charge in [0.15, 0.2) is 11.0 Å². The molecule has 4 aromatic rings. The molecule has 0 fully saturated rings. The van der Waals surface area contributed by atoms with Crippen molar-refractivity contribution in [3.8, 4) is 22.8 Å². The maximum atomic E-state index is 12.7. The third-order valence-corrected chi connectivity index (χ3v) is 5.46. The van der Waals surface area contributed by atoms with Crippen molar-refractivity contribution in [1.82, 2.24) is 24.9 Å². The summed E-state index contributed by atoms with van der Waals surface area (Å²) in [6.45, 7) is 0. The highest BCUT2D eigenvalue weighted by molar-refractivity contribution is 7.98. The van der Waals surface area contributed by atoms with E-state index in [-0.39, 0.29) is 5.82 Å². The molecule has 11 heteroatoms. The minimum atomic E-state index is -4.39. The van der Waals surface area contributed by atoms with Gasteiger partial charge in [-0.25, -0.2) is 0 Å². The van der Waals surface area contributed by atoms with Crippen LogP contribution in [-0.2, 0) is 19.0 Å². The van der Waals surface area contributed by atoms with E-state index >= 15 is 0 Å². The number of halogens is 4. The van der Waals surface area contributed by atoms with Gasteiger partial charge in [-0.05, 0) is 36.4 Å². The molecule has 0 aliphatic heterocycles. The van der Waals surface area contributed by atoms with E-state index in [0.29, 0.717) is 33.2 Å². The van der Waals surface area contributed by atoms with E-state index in [2.05, 4.69) is 20.3 Å². The molecule has 6 nitrogen and oxygen atoms in total. The van der Waals surface area contributed by atoms with Crippen molar-refractivity contribution in [3.63, 3.8) is 0 Å². The molecule has 0 radical (unpaired) electrons. The zero-order valence-electron chi connectivity index (χ0n) is 15.4. The zero-order chi connectivity index (χ0) is 21.3. The van der Waals surface area contributed by atoms with Gasteiger partial charge in [-0.2, -0.15) is 18.2 Å². The Kier molecular flexibility index (Phi) is 5.52. The predicted molar refractivity (Wildman–Crippen MR) is 106 cm³/mol. The van der Waals surface area contributed by atoms with Crippen molar-refractivity contribution in [2.45, 2.75) is 17.1 Å². The number of thioether (sulfide) groups is 1. The first-order chi connectivity index (χ1) is 14.3. The van der Waals surface area contributed by atoms with Crippen molar-refractivity contribution in [2.75, 3.05) is 0 Å². The molecule has 0 N–H and O–H groups in total. The van der Waals surface area contributed by atoms with Crippen LogP contribution in [0.15, 0.2) is 58.2 Å². The maximum Gasteiger partial charge on any atom is 0.416 e. The third kappa shape index (κ3) is 4.34. The summed E-state index contributed by atoms with van der Waals surface area (Å²) < 4.78 is 45.1. The van der Waals surface area contributed by atoms with Gasteiger partial charge in [0.05, 0.1) is 11.3 Å². The SMILES string of the molecule is Cn1c(SCc2nc(-c3ccc(C(F)(F)F)cc3)no2)nnc1-c1ccc(Cl)cc1. The van der Waals surface area contributed by atoms with E-state index in [9.17, 15) is 13.2 Å². The fraction of sp³-hybridized carbons (Fsp3) is 0.158. The molecule has 0 saturated heterocycles. The normalized spacial score (nSPS) is 11.8. The van der Waals surface area contributed by atoms with E-state index in [1.54, 1.807) is 12.1 Å². The lowest BCUT2D eigenvalue weighted by atomic mass is 10.1. The van der Waals surface area contributed by atoms with Gasteiger partial charge in [0.25, 0.3) is 0 Å². The molecule has 154 valence electrons. The predicted octanol–water partition coefficient (Wildman–Crippen LogP) is 5.50. The average Bonchev–Trinajstić information content (AvgIpc) is 3.33. The smallest absolute Gasteiger partial charge is 0.338 e. The van der Waals surface area contributed by atoms with E-state index in [0.717, 1.165) is 17.7 Å². The molecule has 0 amide bonds. The minimum absolute atomic E-state index is 0.221. The summed E-state index contributed by atoms with van der Waals surface area (Å²) in [7, 11) is 1.84. The first kappa shape index (κ1) is 20.4. The molecular weight excluding hydrogens is 439 g/mol. The van der Waals surface area contributed by atoms with E-state index in [4.69, 9.17) is 16.1 Å². The standard InChI is InChI=1S/C19H13ClF3N5OS/c1-28-17(12-4-8-14(20)9-5-12)25-26-18(28)30-10-15-24-16(27-29-15)11-2-6-13(7-3-11)19(21,22)23/h2-9H,10H2,1H3. The van der Waals surface area contributed by atoms with Crippen molar-refractivity contribution in [3.05, 3.63) is 65.0 Å². The van der Waals surface area contributed by atoms with Crippen molar-refractivity contribution < 1.29 is 17.7 Å². The number of hydrogen-bond acceptors (Lipinski definition) is 6. The third-order valence-electron chi connectivity index (χ3n) is 4.20. The second-order valence-electron chi connectivity index (χ2n) is 6.25. The van der Waals surface area contributed by atoms with Gasteiger partial charge in [0, 0.05) is 23.2 Å². The second kappa shape index (κ2) is 8.11. The fourth-order valence-corrected chi connectivity index (χ4v) is 3.53. The highest BCUT2D eigenvalue weighted by Crippen LogP contribution is 2.31. The minimum Gasteiger partial charge on any atom is -0.338 e. The van der Waals surface area contributed by atoms with Crippen LogP contribution in [-0.4, -0.2) is 24.9 Å². The Balaban J connectivity index is 1.44. The highest BCUT2D eigenvalue weighted by Gasteiger charge is 2.30. The summed E-state index contributed by atoms with van der Waals surface area (Å²) in [5, 5.41) is 13.5. The second-order valence-corrected chi connectivity index (χ2v) is 7.63. The summed E-state index contributed by atoms with van der Waals surface area (Å²) in [6.07, 6.45) is -4.39. The lowest BCUT2D eigenvalue weighted by Gasteiger charge is -2.05. The van der Waals surface area contributed by atoms with Crippen LogP contribution in [0.25, 0.3) is 22.8 Å². The van der Waals surface area contributed by atoms with Crippen LogP contribution in [0.4, 0.5) is 13.2 Å². The number of aromatic nitrogens is 5. The van der Waals surface area contributed by atoms with Crippen LogP contribution in [0, 0.1) is 0 Å². The quantitative estimate of drug-likeness (QED) is 0.373. The van der Waals surface area contributed by atoms with Crippen LogP contribution in [0.1, 0.15) is 11.5 Å². The van der Waals surface area contributed by atoms with Gasteiger partial charge in [0.2, 0.25) is 11.7 Å². The van der Waals surface area contributed by atoms with Gasteiger partial charge in [-0.15, -0.1) is 10.2 Å². The van der Waals surface area contributed by atoms with Gasteiger partial charge in [-0.1, -0.05) is 40.7 Å². The average molecular weight is 452 g/mol. The number of alkyl halides is 3. The molecule has 30 heavy (non-hydrogen) atoms. The molecule has 0 aliphatic rings. The molecule has 0 spiro atoms. The highest BCUT2D eigenvalue weighted by atomic mass is 35.5. The molecule has 0 bridgehead atoms. The van der Waals surface area contributed by atoms with E-state index in [1.807, 2.05) is 23.7 Å².